The largest absolute Gasteiger partial charge is 0.289 e. The summed E-state index contributed by atoms with van der Waals surface area (Å²) in [5.41, 5.74) is 2.62. The van der Waals surface area contributed by atoms with Gasteiger partial charge in [-0.05, 0) is 18.4 Å². The molecule has 0 spiro atoms. The molecule has 12 heavy (non-hydrogen) atoms. The molecule has 0 aromatic rings. The number of Topliss-reactive ketones (excluding diaryl/α,β-unsaturated/α-hetero) is 1. The zero-order valence-electron chi connectivity index (χ0n) is 6.84. The second-order valence-corrected chi connectivity index (χ2v) is 3.06. The van der Waals surface area contributed by atoms with Crippen molar-refractivity contribution < 1.29 is 4.79 Å². The van der Waals surface area contributed by atoms with Gasteiger partial charge in [0.15, 0.2) is 5.78 Å². The molecule has 0 amide bonds. The molecule has 1 nitrogen and oxygen atoms in total. The molecule has 0 N–H and O–H groups in total. The van der Waals surface area contributed by atoms with Gasteiger partial charge in [-0.2, -0.15) is 0 Å². The average Bonchev–Trinajstić information content (AvgIpc) is 2.12. The summed E-state index contributed by atoms with van der Waals surface area (Å²) in [6, 6.07) is 0. The maximum Gasteiger partial charge on any atom is 0.189 e. The Hall–Kier alpha value is -1.37. The predicted molar refractivity (Wildman–Crippen MR) is 48.7 cm³/mol. The third-order valence-corrected chi connectivity index (χ3v) is 2.24. The van der Waals surface area contributed by atoms with Crippen LogP contribution < -0.4 is 0 Å². The fraction of sp³-hybridized carbons (Fsp3) is 0.182. The Kier molecular flexibility index (Phi) is 1.58. The molecular weight excluding hydrogens is 148 g/mol. The molecule has 0 radical (unpaired) electrons. The lowest BCUT2D eigenvalue weighted by atomic mass is 9.87. The van der Waals surface area contributed by atoms with E-state index >= 15 is 0 Å². The van der Waals surface area contributed by atoms with Gasteiger partial charge in [0.25, 0.3) is 0 Å². The first-order valence-electron chi connectivity index (χ1n) is 4.10. The smallest absolute Gasteiger partial charge is 0.189 e. The first kappa shape index (κ1) is 7.29. The summed E-state index contributed by atoms with van der Waals surface area (Å²) < 4.78 is 0. The minimum Gasteiger partial charge on any atom is -0.289 e. The van der Waals surface area contributed by atoms with Crippen LogP contribution in [-0.4, -0.2) is 5.78 Å². The van der Waals surface area contributed by atoms with Crippen LogP contribution in [0.5, 0.6) is 0 Å². The fourth-order valence-electron chi connectivity index (χ4n) is 1.54. The maximum atomic E-state index is 11.5. The van der Waals surface area contributed by atoms with Crippen molar-refractivity contribution in [2.75, 3.05) is 0 Å². The van der Waals surface area contributed by atoms with Gasteiger partial charge in [0, 0.05) is 11.1 Å². The molecule has 2 rings (SSSR count). The van der Waals surface area contributed by atoms with Gasteiger partial charge in [0.1, 0.15) is 0 Å². The highest BCUT2D eigenvalue weighted by atomic mass is 16.1. The lowest BCUT2D eigenvalue weighted by Gasteiger charge is -2.16. The quantitative estimate of drug-likeness (QED) is 0.494. The van der Waals surface area contributed by atoms with Gasteiger partial charge < -0.3 is 0 Å². The summed E-state index contributed by atoms with van der Waals surface area (Å²) >= 11 is 0. The Morgan fingerprint density at radius 1 is 1.25 bits per heavy atom. The number of hydrogen-bond acceptors (Lipinski definition) is 1. The summed E-state index contributed by atoms with van der Waals surface area (Å²) in [6.45, 7) is 3.69. The number of hydrogen-bond donors (Lipinski definition) is 0. The first-order chi connectivity index (χ1) is 5.79. The molecule has 0 saturated carbocycles. The van der Waals surface area contributed by atoms with Crippen molar-refractivity contribution in [3.05, 3.63) is 47.6 Å². The first-order valence-corrected chi connectivity index (χ1v) is 4.10. The summed E-state index contributed by atoms with van der Waals surface area (Å²) in [5, 5.41) is 0. The fourth-order valence-corrected chi connectivity index (χ4v) is 1.54. The van der Waals surface area contributed by atoms with Crippen molar-refractivity contribution in [3.8, 4) is 0 Å². The van der Waals surface area contributed by atoms with E-state index < -0.39 is 0 Å². The number of rotatable bonds is 0. The molecule has 0 aliphatic heterocycles. The van der Waals surface area contributed by atoms with Crippen LogP contribution in [0.2, 0.25) is 0 Å². The van der Waals surface area contributed by atoms with Crippen LogP contribution in [0.3, 0.4) is 0 Å². The number of carbonyl (C=O) groups is 1. The van der Waals surface area contributed by atoms with E-state index in [0.717, 1.165) is 24.0 Å². The Labute approximate surface area is 71.8 Å². The molecular formula is C11H10O. The van der Waals surface area contributed by atoms with Crippen molar-refractivity contribution in [1.82, 2.24) is 0 Å². The van der Waals surface area contributed by atoms with Gasteiger partial charge in [0.2, 0.25) is 0 Å². The SMILES string of the molecule is C=C1C=CC2=C(CCC=C2)C1=O. The molecule has 1 heteroatoms. The van der Waals surface area contributed by atoms with Crippen LogP contribution in [0, 0.1) is 0 Å². The van der Waals surface area contributed by atoms with Crippen LogP contribution in [0.25, 0.3) is 0 Å². The number of carbonyl (C=O) groups excluding carboxylic acids is 1. The van der Waals surface area contributed by atoms with Gasteiger partial charge in [-0.3, -0.25) is 4.79 Å². The molecule has 0 bridgehead atoms. The normalized spacial score (nSPS) is 21.7. The maximum absolute atomic E-state index is 11.5. The average molecular weight is 158 g/mol. The summed E-state index contributed by atoms with van der Waals surface area (Å²) in [5.74, 6) is 0.122. The summed E-state index contributed by atoms with van der Waals surface area (Å²) in [4.78, 5) is 11.5. The van der Waals surface area contributed by atoms with Crippen molar-refractivity contribution in [1.29, 1.82) is 0 Å². The zero-order valence-corrected chi connectivity index (χ0v) is 6.84. The molecule has 0 heterocycles. The van der Waals surface area contributed by atoms with Crippen LogP contribution in [-0.2, 0) is 4.79 Å². The Morgan fingerprint density at radius 2 is 2.08 bits per heavy atom. The molecule has 2 aliphatic carbocycles. The van der Waals surface area contributed by atoms with Crippen LogP contribution in [0.4, 0.5) is 0 Å². The lowest BCUT2D eigenvalue weighted by molar-refractivity contribution is -0.112. The van der Waals surface area contributed by atoms with E-state index in [1.807, 2.05) is 12.2 Å². The highest BCUT2D eigenvalue weighted by Crippen LogP contribution is 2.26. The Bertz CT molecular complexity index is 340. The van der Waals surface area contributed by atoms with Crippen molar-refractivity contribution in [2.24, 2.45) is 0 Å². The van der Waals surface area contributed by atoms with Crippen LogP contribution >= 0.6 is 0 Å². The Balaban J connectivity index is 2.48. The Morgan fingerprint density at radius 3 is 2.92 bits per heavy atom. The van der Waals surface area contributed by atoms with E-state index in [1.165, 1.54) is 0 Å². The summed E-state index contributed by atoms with van der Waals surface area (Å²) in [7, 11) is 0. The third kappa shape index (κ3) is 0.981. The standard InChI is InChI=1S/C11H10O/c1-8-6-7-9-4-2-3-5-10(9)11(8)12/h2,4,6-7H,1,3,5H2. The van der Waals surface area contributed by atoms with E-state index in [2.05, 4.69) is 12.7 Å². The van der Waals surface area contributed by atoms with Crippen molar-refractivity contribution in [3.63, 3.8) is 0 Å². The molecule has 0 saturated heterocycles. The van der Waals surface area contributed by atoms with Gasteiger partial charge in [0.05, 0.1) is 0 Å². The van der Waals surface area contributed by atoms with E-state index in [-0.39, 0.29) is 5.78 Å². The van der Waals surface area contributed by atoms with E-state index in [0.29, 0.717) is 5.57 Å². The lowest BCUT2D eigenvalue weighted by Crippen LogP contribution is -2.11. The molecule has 0 atom stereocenters. The van der Waals surface area contributed by atoms with Gasteiger partial charge in [-0.25, -0.2) is 0 Å². The van der Waals surface area contributed by atoms with Gasteiger partial charge in [-0.1, -0.05) is 30.9 Å². The second kappa shape index (κ2) is 2.59. The van der Waals surface area contributed by atoms with E-state index in [1.54, 1.807) is 6.08 Å². The van der Waals surface area contributed by atoms with Crippen molar-refractivity contribution in [2.45, 2.75) is 12.8 Å². The van der Waals surface area contributed by atoms with E-state index in [4.69, 9.17) is 0 Å². The minimum atomic E-state index is 0.122. The van der Waals surface area contributed by atoms with Gasteiger partial charge >= 0.3 is 0 Å². The molecule has 0 aromatic carbocycles. The van der Waals surface area contributed by atoms with Crippen LogP contribution in [0.1, 0.15) is 12.8 Å². The number of ketones is 1. The topological polar surface area (TPSA) is 17.1 Å². The number of allylic oxidation sites excluding steroid dienone is 7. The van der Waals surface area contributed by atoms with Crippen molar-refractivity contribution >= 4 is 5.78 Å². The van der Waals surface area contributed by atoms with Crippen LogP contribution in [0.15, 0.2) is 47.6 Å². The molecule has 2 aliphatic rings. The molecule has 60 valence electrons. The monoisotopic (exact) mass is 158 g/mol. The molecule has 0 fully saturated rings. The third-order valence-electron chi connectivity index (χ3n) is 2.24. The second-order valence-electron chi connectivity index (χ2n) is 3.06. The van der Waals surface area contributed by atoms with Gasteiger partial charge in [-0.15, -0.1) is 0 Å². The van der Waals surface area contributed by atoms with E-state index in [9.17, 15) is 4.79 Å². The highest BCUT2D eigenvalue weighted by molar-refractivity contribution is 6.12. The zero-order chi connectivity index (χ0) is 8.55. The molecule has 0 aromatic heterocycles. The highest BCUT2D eigenvalue weighted by Gasteiger charge is 2.19. The summed E-state index contributed by atoms with van der Waals surface area (Å²) in [6.07, 6.45) is 9.72. The predicted octanol–water partition coefficient (Wildman–Crippen LogP) is 2.33. The molecule has 0 unspecified atom stereocenters. The minimum absolute atomic E-state index is 0.122.